The van der Waals surface area contributed by atoms with Gasteiger partial charge in [0.15, 0.2) is 0 Å². The molecule has 0 radical (unpaired) electrons. The lowest BCUT2D eigenvalue weighted by molar-refractivity contribution is -0.144. The minimum atomic E-state index is -0.694. The monoisotopic (exact) mass is 359 g/mol. The van der Waals surface area contributed by atoms with Crippen molar-refractivity contribution >= 4 is 17.6 Å². The van der Waals surface area contributed by atoms with Gasteiger partial charge in [0.25, 0.3) is 0 Å². The van der Waals surface area contributed by atoms with Gasteiger partial charge in [-0.3, -0.25) is 9.59 Å². The van der Waals surface area contributed by atoms with Gasteiger partial charge in [-0.2, -0.15) is 0 Å². The summed E-state index contributed by atoms with van der Waals surface area (Å²) in [4.78, 5) is 31.1. The zero-order valence-electron chi connectivity index (χ0n) is 15.1. The van der Waals surface area contributed by atoms with Gasteiger partial charge in [0.2, 0.25) is 0 Å². The van der Waals surface area contributed by atoms with E-state index in [1.165, 1.54) is 4.90 Å². The highest BCUT2D eigenvalue weighted by atomic mass is 16.2. The molecule has 136 valence electrons. The first-order valence-corrected chi connectivity index (χ1v) is 8.73. The van der Waals surface area contributed by atoms with E-state index < -0.39 is 11.8 Å². The standard InChI is InChI=1S/C22H21N3O2/c1-17-9-8-14-20(23-17)24-21(26)22(27)25(15-18-10-4-2-5-11-18)16-19-12-6-3-7-13-19/h2-14H,15-16H2,1H3,(H,23,24,26). The number of benzene rings is 2. The van der Waals surface area contributed by atoms with Crippen molar-refractivity contribution in [3.8, 4) is 0 Å². The molecule has 3 rings (SSSR count). The summed E-state index contributed by atoms with van der Waals surface area (Å²) in [5.41, 5.74) is 2.69. The van der Waals surface area contributed by atoms with E-state index in [2.05, 4.69) is 10.3 Å². The summed E-state index contributed by atoms with van der Waals surface area (Å²) >= 11 is 0. The van der Waals surface area contributed by atoms with Crippen molar-refractivity contribution < 1.29 is 9.59 Å². The molecule has 0 saturated carbocycles. The molecule has 0 aliphatic heterocycles. The molecule has 0 fully saturated rings. The Balaban J connectivity index is 1.77. The molecular formula is C22H21N3O2. The number of rotatable bonds is 5. The molecule has 1 heterocycles. The number of hydrogen-bond acceptors (Lipinski definition) is 3. The molecule has 0 aliphatic rings. The number of hydrogen-bond donors (Lipinski definition) is 1. The molecule has 1 aromatic heterocycles. The molecule has 2 aromatic carbocycles. The molecule has 2 amide bonds. The number of pyridine rings is 1. The number of aryl methyl sites for hydroxylation is 1. The summed E-state index contributed by atoms with van der Waals surface area (Å²) in [6.45, 7) is 2.53. The second-order valence-corrected chi connectivity index (χ2v) is 6.25. The zero-order chi connectivity index (χ0) is 19.1. The second-order valence-electron chi connectivity index (χ2n) is 6.25. The van der Waals surface area contributed by atoms with Gasteiger partial charge in [0.05, 0.1) is 0 Å². The van der Waals surface area contributed by atoms with Crippen molar-refractivity contribution in [2.24, 2.45) is 0 Å². The molecule has 27 heavy (non-hydrogen) atoms. The van der Waals surface area contributed by atoms with Gasteiger partial charge < -0.3 is 10.2 Å². The molecule has 0 spiro atoms. The summed E-state index contributed by atoms with van der Waals surface area (Å²) in [6.07, 6.45) is 0. The van der Waals surface area contributed by atoms with Gasteiger partial charge in [0.1, 0.15) is 5.82 Å². The molecule has 1 N–H and O–H groups in total. The minimum absolute atomic E-state index is 0.350. The van der Waals surface area contributed by atoms with Gasteiger partial charge >= 0.3 is 11.8 Å². The van der Waals surface area contributed by atoms with Crippen LogP contribution in [0.1, 0.15) is 16.8 Å². The Morgan fingerprint density at radius 1 is 0.815 bits per heavy atom. The number of carbonyl (C=O) groups is 2. The fraction of sp³-hybridized carbons (Fsp3) is 0.136. The third-order valence-electron chi connectivity index (χ3n) is 4.04. The summed E-state index contributed by atoms with van der Waals surface area (Å²) < 4.78 is 0. The van der Waals surface area contributed by atoms with Crippen LogP contribution in [0, 0.1) is 6.92 Å². The van der Waals surface area contributed by atoms with Crippen molar-refractivity contribution in [1.82, 2.24) is 9.88 Å². The molecule has 0 aliphatic carbocycles. The fourth-order valence-corrected chi connectivity index (χ4v) is 2.73. The van der Waals surface area contributed by atoms with Gasteiger partial charge in [-0.15, -0.1) is 0 Å². The Hall–Kier alpha value is -3.47. The molecular weight excluding hydrogens is 338 g/mol. The first-order valence-electron chi connectivity index (χ1n) is 8.73. The molecule has 0 saturated heterocycles. The number of nitrogens with zero attached hydrogens (tertiary/aromatic N) is 2. The van der Waals surface area contributed by atoms with Crippen LogP contribution in [-0.2, 0) is 22.7 Å². The van der Waals surface area contributed by atoms with Crippen molar-refractivity contribution in [2.75, 3.05) is 5.32 Å². The Morgan fingerprint density at radius 3 is 1.89 bits per heavy atom. The quantitative estimate of drug-likeness (QED) is 0.709. The predicted molar refractivity (Wildman–Crippen MR) is 105 cm³/mol. The fourth-order valence-electron chi connectivity index (χ4n) is 2.73. The van der Waals surface area contributed by atoms with Gasteiger partial charge in [-0.25, -0.2) is 4.98 Å². The molecule has 5 heteroatoms. The van der Waals surface area contributed by atoms with Crippen molar-refractivity contribution in [3.05, 3.63) is 95.7 Å². The molecule has 0 unspecified atom stereocenters. The maximum atomic E-state index is 12.8. The number of anilines is 1. The summed E-state index contributed by atoms with van der Waals surface area (Å²) in [7, 11) is 0. The third kappa shape index (κ3) is 5.25. The average molecular weight is 359 g/mol. The Bertz CT molecular complexity index is 870. The summed E-state index contributed by atoms with van der Waals surface area (Å²) in [5, 5.41) is 2.59. The minimum Gasteiger partial charge on any atom is -0.326 e. The first-order chi connectivity index (χ1) is 13.1. The van der Waals surface area contributed by atoms with E-state index in [1.54, 1.807) is 12.1 Å². The summed E-state index contributed by atoms with van der Waals surface area (Å²) in [6, 6.07) is 24.5. The van der Waals surface area contributed by atoms with Crippen LogP contribution in [0.2, 0.25) is 0 Å². The smallest absolute Gasteiger partial charge is 0.315 e. The first kappa shape index (κ1) is 18.3. The average Bonchev–Trinajstić information content (AvgIpc) is 2.68. The molecule has 0 atom stereocenters. The van der Waals surface area contributed by atoms with E-state index in [-0.39, 0.29) is 0 Å². The van der Waals surface area contributed by atoms with Crippen LogP contribution in [0.15, 0.2) is 78.9 Å². The molecule has 5 nitrogen and oxygen atoms in total. The maximum Gasteiger partial charge on any atom is 0.315 e. The Kier molecular flexibility index (Phi) is 5.94. The van der Waals surface area contributed by atoms with Gasteiger partial charge in [0, 0.05) is 18.8 Å². The van der Waals surface area contributed by atoms with E-state index in [4.69, 9.17) is 0 Å². The Labute approximate surface area is 158 Å². The van der Waals surface area contributed by atoms with E-state index in [0.717, 1.165) is 16.8 Å². The third-order valence-corrected chi connectivity index (χ3v) is 4.04. The van der Waals surface area contributed by atoms with Crippen LogP contribution in [0.25, 0.3) is 0 Å². The van der Waals surface area contributed by atoms with Crippen LogP contribution in [0.5, 0.6) is 0 Å². The van der Waals surface area contributed by atoms with Crippen molar-refractivity contribution in [3.63, 3.8) is 0 Å². The highest BCUT2D eigenvalue weighted by Gasteiger charge is 2.23. The lowest BCUT2D eigenvalue weighted by Crippen LogP contribution is -2.39. The van der Waals surface area contributed by atoms with Crippen molar-refractivity contribution in [1.29, 1.82) is 0 Å². The van der Waals surface area contributed by atoms with Crippen molar-refractivity contribution in [2.45, 2.75) is 20.0 Å². The summed E-state index contributed by atoms with van der Waals surface area (Å²) in [5.74, 6) is -0.918. The van der Waals surface area contributed by atoms with Crippen LogP contribution in [-0.4, -0.2) is 21.7 Å². The van der Waals surface area contributed by atoms with Crippen LogP contribution in [0.4, 0.5) is 5.82 Å². The number of amides is 2. The largest absolute Gasteiger partial charge is 0.326 e. The van der Waals surface area contributed by atoms with Crippen LogP contribution < -0.4 is 5.32 Å². The van der Waals surface area contributed by atoms with E-state index in [9.17, 15) is 9.59 Å². The lowest BCUT2D eigenvalue weighted by Gasteiger charge is -2.22. The molecule has 0 bridgehead atoms. The van der Waals surface area contributed by atoms with Gasteiger partial charge in [-0.05, 0) is 30.2 Å². The highest BCUT2D eigenvalue weighted by Crippen LogP contribution is 2.12. The van der Waals surface area contributed by atoms with Crippen LogP contribution in [0.3, 0.4) is 0 Å². The number of carbonyl (C=O) groups excluding carboxylic acids is 2. The number of aromatic nitrogens is 1. The van der Waals surface area contributed by atoms with E-state index in [0.29, 0.717) is 18.9 Å². The van der Waals surface area contributed by atoms with Gasteiger partial charge in [-0.1, -0.05) is 66.7 Å². The van der Waals surface area contributed by atoms with Crippen LogP contribution >= 0.6 is 0 Å². The normalized spacial score (nSPS) is 10.3. The highest BCUT2D eigenvalue weighted by molar-refractivity contribution is 6.39. The molecule has 3 aromatic rings. The topological polar surface area (TPSA) is 62.3 Å². The lowest BCUT2D eigenvalue weighted by atomic mass is 10.1. The maximum absolute atomic E-state index is 12.8. The Morgan fingerprint density at radius 2 is 1.37 bits per heavy atom. The van der Waals surface area contributed by atoms with E-state index in [1.807, 2.05) is 73.7 Å². The van der Waals surface area contributed by atoms with E-state index >= 15 is 0 Å². The SMILES string of the molecule is Cc1cccc(NC(=O)C(=O)N(Cc2ccccc2)Cc2ccccc2)n1. The zero-order valence-corrected chi connectivity index (χ0v) is 15.1. The second kappa shape index (κ2) is 8.76. The number of nitrogens with one attached hydrogen (secondary N) is 1. The predicted octanol–water partition coefficient (Wildman–Crippen LogP) is 3.56.